The summed E-state index contributed by atoms with van der Waals surface area (Å²) in [6.07, 6.45) is 0. The highest BCUT2D eigenvalue weighted by Gasteiger charge is 2.23. The molecule has 0 unspecified atom stereocenters. The van der Waals surface area contributed by atoms with Crippen LogP contribution in [0.2, 0.25) is 5.02 Å². The molecule has 0 aromatic heterocycles. The maximum Gasteiger partial charge on any atom is 0.308 e. The zero-order valence-corrected chi connectivity index (χ0v) is 11.5. The molecule has 0 N–H and O–H groups in total. The topological polar surface area (TPSA) is 26.3 Å². The van der Waals surface area contributed by atoms with Crippen LogP contribution in [-0.4, -0.2) is 12.6 Å². The molecule has 1 rings (SSSR count). The van der Waals surface area contributed by atoms with Gasteiger partial charge >= 0.3 is 5.97 Å². The van der Waals surface area contributed by atoms with Crippen LogP contribution in [0.5, 0.6) is 0 Å². The van der Waals surface area contributed by atoms with E-state index in [-0.39, 0.29) is 17.3 Å². The van der Waals surface area contributed by atoms with Crippen molar-refractivity contribution in [1.29, 1.82) is 0 Å². The summed E-state index contributed by atoms with van der Waals surface area (Å²) in [6.45, 7) is 8.09. The van der Waals surface area contributed by atoms with Crippen molar-refractivity contribution in [3.8, 4) is 0 Å². The van der Waals surface area contributed by atoms with E-state index in [1.165, 1.54) is 0 Å². The van der Waals surface area contributed by atoms with E-state index in [4.69, 9.17) is 16.3 Å². The summed E-state index contributed by atoms with van der Waals surface area (Å²) >= 11 is 5.96. The van der Waals surface area contributed by atoms with Gasteiger partial charge in [-0.05, 0) is 17.7 Å². The molecule has 0 spiro atoms. The van der Waals surface area contributed by atoms with Gasteiger partial charge in [-0.3, -0.25) is 4.79 Å². The monoisotopic (exact) mass is 254 g/mol. The van der Waals surface area contributed by atoms with Crippen LogP contribution in [-0.2, 0) is 14.9 Å². The van der Waals surface area contributed by atoms with E-state index in [1.54, 1.807) is 0 Å². The molecule has 0 aliphatic carbocycles. The average Bonchev–Trinajstić information content (AvgIpc) is 2.26. The predicted octanol–water partition coefficient (Wildman–Crippen LogP) is 3.82. The Morgan fingerprint density at radius 2 is 2.06 bits per heavy atom. The zero-order chi connectivity index (χ0) is 13.1. The summed E-state index contributed by atoms with van der Waals surface area (Å²) in [6, 6.07) is 7.64. The number of rotatable bonds is 4. The van der Waals surface area contributed by atoms with Crippen LogP contribution in [0.15, 0.2) is 24.3 Å². The molecule has 0 aliphatic rings. The van der Waals surface area contributed by atoms with Crippen molar-refractivity contribution in [2.45, 2.75) is 33.1 Å². The number of carbonyl (C=O) groups is 1. The quantitative estimate of drug-likeness (QED) is 0.764. The standard InChI is InChI=1S/C14H19ClO2/c1-10(2)13(16)17-9-14(3,4)11-6-5-7-12(15)8-11/h5-8,10H,9H2,1-4H3. The molecule has 0 amide bonds. The number of hydrogen-bond acceptors (Lipinski definition) is 2. The molecule has 0 saturated carbocycles. The van der Waals surface area contributed by atoms with Gasteiger partial charge in [0.25, 0.3) is 0 Å². The summed E-state index contributed by atoms with van der Waals surface area (Å²) in [5, 5.41) is 0.700. The Balaban J connectivity index is 2.72. The van der Waals surface area contributed by atoms with E-state index < -0.39 is 0 Å². The maximum atomic E-state index is 11.4. The van der Waals surface area contributed by atoms with Gasteiger partial charge < -0.3 is 4.74 Å². The summed E-state index contributed by atoms with van der Waals surface area (Å²) in [5.41, 5.74) is 0.844. The lowest BCUT2D eigenvalue weighted by Crippen LogP contribution is -2.27. The summed E-state index contributed by atoms with van der Waals surface area (Å²) < 4.78 is 5.28. The van der Waals surface area contributed by atoms with Crippen LogP contribution in [0.3, 0.4) is 0 Å². The van der Waals surface area contributed by atoms with Gasteiger partial charge in [-0.2, -0.15) is 0 Å². The molecule has 0 bridgehead atoms. The largest absolute Gasteiger partial charge is 0.465 e. The summed E-state index contributed by atoms with van der Waals surface area (Å²) in [4.78, 5) is 11.4. The third-order valence-electron chi connectivity index (χ3n) is 2.65. The zero-order valence-electron chi connectivity index (χ0n) is 10.8. The first kappa shape index (κ1) is 14.0. The average molecular weight is 255 g/mol. The Kier molecular flexibility index (Phi) is 4.58. The molecule has 3 heteroatoms. The van der Waals surface area contributed by atoms with Gasteiger partial charge in [-0.1, -0.05) is 51.4 Å². The van der Waals surface area contributed by atoms with Crippen molar-refractivity contribution in [2.75, 3.05) is 6.61 Å². The van der Waals surface area contributed by atoms with E-state index in [0.29, 0.717) is 11.6 Å². The number of hydrogen-bond donors (Lipinski definition) is 0. The van der Waals surface area contributed by atoms with E-state index in [2.05, 4.69) is 0 Å². The molecule has 0 aliphatic heterocycles. The fourth-order valence-electron chi connectivity index (χ4n) is 1.41. The Labute approximate surface area is 108 Å². The fraction of sp³-hybridized carbons (Fsp3) is 0.500. The molecule has 0 atom stereocenters. The molecular formula is C14H19ClO2. The molecular weight excluding hydrogens is 236 g/mol. The van der Waals surface area contributed by atoms with Crippen LogP contribution in [0.1, 0.15) is 33.3 Å². The van der Waals surface area contributed by atoms with Crippen LogP contribution in [0.4, 0.5) is 0 Å². The SMILES string of the molecule is CC(C)C(=O)OCC(C)(C)c1cccc(Cl)c1. The van der Waals surface area contributed by atoms with E-state index in [9.17, 15) is 4.79 Å². The van der Waals surface area contributed by atoms with Gasteiger partial charge in [0.15, 0.2) is 0 Å². The third-order valence-corrected chi connectivity index (χ3v) is 2.89. The first-order valence-electron chi connectivity index (χ1n) is 5.75. The van der Waals surface area contributed by atoms with Gasteiger partial charge in [0.05, 0.1) is 5.92 Å². The van der Waals surface area contributed by atoms with Gasteiger partial charge in [-0.25, -0.2) is 0 Å². The number of esters is 1. The summed E-state index contributed by atoms with van der Waals surface area (Å²) in [7, 11) is 0. The van der Waals surface area contributed by atoms with Crippen molar-refractivity contribution in [3.05, 3.63) is 34.9 Å². The minimum atomic E-state index is -0.227. The Hall–Kier alpha value is -1.02. The second-order valence-corrected chi connectivity index (χ2v) is 5.59. The molecule has 94 valence electrons. The van der Waals surface area contributed by atoms with Crippen LogP contribution < -0.4 is 0 Å². The van der Waals surface area contributed by atoms with Crippen LogP contribution in [0.25, 0.3) is 0 Å². The van der Waals surface area contributed by atoms with Gasteiger partial charge in [0.1, 0.15) is 6.61 Å². The lowest BCUT2D eigenvalue weighted by molar-refractivity contribution is -0.149. The molecule has 2 nitrogen and oxygen atoms in total. The first-order chi connectivity index (χ1) is 7.83. The highest BCUT2D eigenvalue weighted by molar-refractivity contribution is 6.30. The fourth-order valence-corrected chi connectivity index (χ4v) is 1.60. The molecule has 0 heterocycles. The van der Waals surface area contributed by atoms with E-state index in [1.807, 2.05) is 52.0 Å². The van der Waals surface area contributed by atoms with Crippen LogP contribution in [0, 0.1) is 5.92 Å². The molecule has 0 radical (unpaired) electrons. The summed E-state index contributed by atoms with van der Waals surface area (Å²) in [5.74, 6) is -0.259. The number of benzene rings is 1. The van der Waals surface area contributed by atoms with E-state index >= 15 is 0 Å². The first-order valence-corrected chi connectivity index (χ1v) is 6.13. The third kappa shape index (κ3) is 4.04. The Morgan fingerprint density at radius 3 is 2.59 bits per heavy atom. The Bertz CT molecular complexity index is 397. The molecule has 1 aromatic rings. The predicted molar refractivity (Wildman–Crippen MR) is 70.3 cm³/mol. The lowest BCUT2D eigenvalue weighted by Gasteiger charge is -2.25. The molecule has 1 aromatic carbocycles. The van der Waals surface area contributed by atoms with Crippen molar-refractivity contribution in [3.63, 3.8) is 0 Å². The maximum absolute atomic E-state index is 11.4. The molecule has 17 heavy (non-hydrogen) atoms. The highest BCUT2D eigenvalue weighted by atomic mass is 35.5. The van der Waals surface area contributed by atoms with Crippen molar-refractivity contribution in [2.24, 2.45) is 5.92 Å². The number of ether oxygens (including phenoxy) is 1. The normalized spacial score (nSPS) is 11.6. The van der Waals surface area contributed by atoms with Crippen molar-refractivity contribution >= 4 is 17.6 Å². The second-order valence-electron chi connectivity index (χ2n) is 5.16. The molecule has 0 saturated heterocycles. The minimum Gasteiger partial charge on any atom is -0.465 e. The van der Waals surface area contributed by atoms with Crippen LogP contribution >= 0.6 is 11.6 Å². The van der Waals surface area contributed by atoms with Gasteiger partial charge in [-0.15, -0.1) is 0 Å². The second kappa shape index (κ2) is 5.54. The number of halogens is 1. The van der Waals surface area contributed by atoms with E-state index in [0.717, 1.165) is 5.56 Å². The van der Waals surface area contributed by atoms with Crippen molar-refractivity contribution in [1.82, 2.24) is 0 Å². The lowest BCUT2D eigenvalue weighted by atomic mass is 9.85. The van der Waals surface area contributed by atoms with Gasteiger partial charge in [0, 0.05) is 10.4 Å². The smallest absolute Gasteiger partial charge is 0.308 e. The number of carbonyl (C=O) groups excluding carboxylic acids is 1. The molecule has 0 fully saturated rings. The minimum absolute atomic E-state index is 0.0924. The van der Waals surface area contributed by atoms with Gasteiger partial charge in [0.2, 0.25) is 0 Å². The Morgan fingerprint density at radius 1 is 1.41 bits per heavy atom. The van der Waals surface area contributed by atoms with Crippen molar-refractivity contribution < 1.29 is 9.53 Å². The highest BCUT2D eigenvalue weighted by Crippen LogP contribution is 2.26.